The summed E-state index contributed by atoms with van der Waals surface area (Å²) in [4.78, 5) is 10.8. The molecular weight excluding hydrogens is 326 g/mol. The quantitative estimate of drug-likeness (QED) is 0.870. The Hall–Kier alpha value is -2.28. The molecule has 3 rings (SSSR count). The molecule has 0 saturated carbocycles. The minimum Gasteiger partial charge on any atom is -0.396 e. The number of nitrogens with zero attached hydrogens (tertiary/aromatic N) is 3. The number of rotatable bonds is 5. The van der Waals surface area contributed by atoms with E-state index in [2.05, 4.69) is 15.3 Å². The van der Waals surface area contributed by atoms with Gasteiger partial charge in [0.15, 0.2) is 0 Å². The fourth-order valence-electron chi connectivity index (χ4n) is 3.42. The summed E-state index contributed by atoms with van der Waals surface area (Å²) in [6.45, 7) is 1.22. The topological polar surface area (TPSA) is 61.3 Å². The minimum absolute atomic E-state index is 0.0773. The van der Waals surface area contributed by atoms with Crippen LogP contribution in [0.4, 0.5) is 20.5 Å². The van der Waals surface area contributed by atoms with Crippen LogP contribution < -0.4 is 10.2 Å². The van der Waals surface area contributed by atoms with Gasteiger partial charge in [0.1, 0.15) is 17.5 Å². The number of hydrogen-bond donors (Lipinski definition) is 2. The molecule has 1 fully saturated rings. The van der Waals surface area contributed by atoms with Crippen LogP contribution in [0.25, 0.3) is 0 Å². The van der Waals surface area contributed by atoms with Crippen molar-refractivity contribution in [2.75, 3.05) is 37.0 Å². The summed E-state index contributed by atoms with van der Waals surface area (Å²) in [5.41, 5.74) is -0.0853. The van der Waals surface area contributed by atoms with Crippen molar-refractivity contribution in [2.45, 2.75) is 19.3 Å². The first-order chi connectivity index (χ1) is 12.0. The molecule has 0 amide bonds. The number of benzene rings is 1. The van der Waals surface area contributed by atoms with Gasteiger partial charge in [-0.2, -0.15) is 4.98 Å². The third-order valence-electron chi connectivity index (χ3n) is 4.76. The van der Waals surface area contributed by atoms with Crippen molar-refractivity contribution >= 4 is 11.8 Å². The molecule has 5 nitrogen and oxygen atoms in total. The summed E-state index contributed by atoms with van der Waals surface area (Å²) in [5, 5.41) is 13.0. The molecule has 0 bridgehead atoms. The number of nitrogens with one attached hydrogen (secondary N) is 1. The van der Waals surface area contributed by atoms with Crippen molar-refractivity contribution < 1.29 is 13.9 Å². The predicted molar refractivity (Wildman–Crippen MR) is 92.6 cm³/mol. The Bertz CT molecular complexity index is 743. The van der Waals surface area contributed by atoms with E-state index in [-0.39, 0.29) is 6.61 Å². The van der Waals surface area contributed by atoms with Crippen LogP contribution in [0.2, 0.25) is 0 Å². The Balaban J connectivity index is 1.83. The summed E-state index contributed by atoms with van der Waals surface area (Å²) in [7, 11) is 1.79. The number of hydrogen-bond acceptors (Lipinski definition) is 5. The monoisotopic (exact) mass is 348 g/mol. The Morgan fingerprint density at radius 3 is 2.88 bits per heavy atom. The average Bonchev–Trinajstić information content (AvgIpc) is 2.64. The van der Waals surface area contributed by atoms with E-state index in [0.29, 0.717) is 24.5 Å². The number of halogens is 2. The van der Waals surface area contributed by atoms with Gasteiger partial charge < -0.3 is 15.3 Å². The maximum atomic E-state index is 14.1. The van der Waals surface area contributed by atoms with Gasteiger partial charge in [0.05, 0.1) is 6.61 Å². The average molecular weight is 348 g/mol. The third kappa shape index (κ3) is 3.87. The van der Waals surface area contributed by atoms with Crippen molar-refractivity contribution in [3.63, 3.8) is 0 Å². The molecule has 7 heteroatoms. The summed E-state index contributed by atoms with van der Waals surface area (Å²) >= 11 is 0. The van der Waals surface area contributed by atoms with Gasteiger partial charge in [0, 0.05) is 37.8 Å². The molecule has 1 atom stereocenters. The molecular formula is C18H22F2N4O. The predicted octanol–water partition coefficient (Wildman–Crippen LogP) is 2.62. The summed E-state index contributed by atoms with van der Waals surface area (Å²) in [6, 6.07) is 5.38. The van der Waals surface area contributed by atoms with Crippen LogP contribution >= 0.6 is 0 Å². The highest BCUT2D eigenvalue weighted by Crippen LogP contribution is 2.35. The van der Waals surface area contributed by atoms with Crippen LogP contribution in [0.15, 0.2) is 30.5 Å². The van der Waals surface area contributed by atoms with Gasteiger partial charge in [-0.15, -0.1) is 0 Å². The molecule has 1 aromatic carbocycles. The zero-order valence-corrected chi connectivity index (χ0v) is 14.2. The molecule has 2 aromatic rings. The maximum absolute atomic E-state index is 14.1. The van der Waals surface area contributed by atoms with E-state index in [4.69, 9.17) is 0 Å². The number of piperidine rings is 1. The molecule has 2 heterocycles. The van der Waals surface area contributed by atoms with E-state index in [1.54, 1.807) is 19.3 Å². The molecule has 1 aliphatic rings. The van der Waals surface area contributed by atoms with Gasteiger partial charge in [0.2, 0.25) is 5.95 Å². The smallest absolute Gasteiger partial charge is 0.227 e. The first kappa shape index (κ1) is 17.5. The van der Waals surface area contributed by atoms with E-state index in [1.165, 1.54) is 12.1 Å². The second kappa shape index (κ2) is 7.31. The number of aliphatic hydroxyl groups is 1. The Morgan fingerprint density at radius 2 is 2.16 bits per heavy atom. The first-order valence-corrected chi connectivity index (χ1v) is 8.36. The lowest BCUT2D eigenvalue weighted by Gasteiger charge is -2.42. The zero-order valence-electron chi connectivity index (χ0n) is 14.2. The second-order valence-corrected chi connectivity index (χ2v) is 6.59. The highest BCUT2D eigenvalue weighted by molar-refractivity contribution is 5.41. The molecule has 1 aliphatic heterocycles. The molecule has 25 heavy (non-hydrogen) atoms. The Kier molecular flexibility index (Phi) is 5.13. The van der Waals surface area contributed by atoms with Crippen LogP contribution in [0.3, 0.4) is 0 Å². The summed E-state index contributed by atoms with van der Waals surface area (Å²) < 4.78 is 27.2. The van der Waals surface area contributed by atoms with E-state index in [0.717, 1.165) is 31.3 Å². The Morgan fingerprint density at radius 1 is 1.32 bits per heavy atom. The maximum Gasteiger partial charge on any atom is 0.227 e. The molecule has 1 aromatic heterocycles. The molecule has 2 N–H and O–H groups in total. The van der Waals surface area contributed by atoms with Crippen molar-refractivity contribution in [3.05, 3.63) is 47.7 Å². The van der Waals surface area contributed by atoms with Crippen molar-refractivity contribution in [1.82, 2.24) is 9.97 Å². The largest absolute Gasteiger partial charge is 0.396 e. The Labute approximate surface area is 145 Å². The fraction of sp³-hybridized carbons (Fsp3) is 0.444. The summed E-state index contributed by atoms with van der Waals surface area (Å²) in [6.07, 6.45) is 3.64. The van der Waals surface area contributed by atoms with Crippen molar-refractivity contribution in [2.24, 2.45) is 5.41 Å². The molecule has 134 valence electrons. The van der Waals surface area contributed by atoms with E-state index < -0.39 is 17.0 Å². The van der Waals surface area contributed by atoms with Crippen molar-refractivity contribution in [3.8, 4) is 0 Å². The van der Waals surface area contributed by atoms with Crippen LogP contribution in [0.5, 0.6) is 0 Å². The van der Waals surface area contributed by atoms with Crippen LogP contribution in [-0.4, -0.2) is 41.8 Å². The van der Waals surface area contributed by atoms with Gasteiger partial charge in [-0.1, -0.05) is 6.07 Å². The zero-order chi connectivity index (χ0) is 17.9. The van der Waals surface area contributed by atoms with Gasteiger partial charge in [-0.05, 0) is 37.0 Å². The number of aromatic nitrogens is 2. The SMILES string of the molecule is CNc1ccnc(N2CCC[C@](CO)(Cc3ccc(F)cc3F)C2)n1. The first-order valence-electron chi connectivity index (χ1n) is 8.36. The molecule has 0 unspecified atom stereocenters. The van der Waals surface area contributed by atoms with Crippen molar-refractivity contribution in [1.29, 1.82) is 0 Å². The molecule has 0 aliphatic carbocycles. The normalized spacial score (nSPS) is 20.6. The van der Waals surface area contributed by atoms with E-state index in [9.17, 15) is 13.9 Å². The number of aliphatic hydroxyl groups excluding tert-OH is 1. The van der Waals surface area contributed by atoms with E-state index >= 15 is 0 Å². The van der Waals surface area contributed by atoms with E-state index in [1.807, 2.05) is 4.90 Å². The van der Waals surface area contributed by atoms with Gasteiger partial charge in [0.25, 0.3) is 0 Å². The highest BCUT2D eigenvalue weighted by Gasteiger charge is 2.36. The lowest BCUT2D eigenvalue weighted by molar-refractivity contribution is 0.104. The van der Waals surface area contributed by atoms with Gasteiger partial charge in [-0.25, -0.2) is 13.8 Å². The molecule has 0 radical (unpaired) electrons. The molecule has 0 spiro atoms. The van der Waals surface area contributed by atoms with Crippen LogP contribution in [0, 0.1) is 17.0 Å². The lowest BCUT2D eigenvalue weighted by Crippen LogP contribution is -2.47. The summed E-state index contributed by atoms with van der Waals surface area (Å²) in [5.74, 6) is 0.138. The van der Waals surface area contributed by atoms with Crippen LogP contribution in [0.1, 0.15) is 18.4 Å². The lowest BCUT2D eigenvalue weighted by atomic mass is 9.75. The van der Waals surface area contributed by atoms with Gasteiger partial charge in [-0.3, -0.25) is 0 Å². The standard InChI is InChI=1S/C18H22F2N4O/c1-21-16-5-7-22-17(23-16)24-8-2-6-18(11-24,12-25)10-13-3-4-14(19)9-15(13)20/h3-5,7,9,25H,2,6,8,10-12H2,1H3,(H,21,22,23)/t18-/m0/s1. The highest BCUT2D eigenvalue weighted by atomic mass is 19.1. The minimum atomic E-state index is -0.596. The third-order valence-corrected chi connectivity index (χ3v) is 4.76. The fourth-order valence-corrected chi connectivity index (χ4v) is 3.42. The molecule has 1 saturated heterocycles. The number of anilines is 2. The van der Waals surface area contributed by atoms with Crippen LogP contribution in [-0.2, 0) is 6.42 Å². The van der Waals surface area contributed by atoms with Gasteiger partial charge >= 0.3 is 0 Å². The second-order valence-electron chi connectivity index (χ2n) is 6.59.